The van der Waals surface area contributed by atoms with Gasteiger partial charge in [0.1, 0.15) is 0 Å². The first-order valence-electron chi connectivity index (χ1n) is 4.06. The Morgan fingerprint density at radius 2 is 2.50 bits per heavy atom. The third-order valence-corrected chi connectivity index (χ3v) is 1.99. The Kier molecular flexibility index (Phi) is 3.25. The number of rotatable bonds is 3. The van der Waals surface area contributed by atoms with E-state index in [0.717, 1.165) is 13.0 Å². The molecule has 1 aliphatic rings. The lowest BCUT2D eigenvalue weighted by Gasteiger charge is -2.29. The molecule has 0 aromatic heterocycles. The lowest BCUT2D eigenvalue weighted by atomic mass is 10.1. The highest BCUT2D eigenvalue weighted by Crippen LogP contribution is 2.07. The molecule has 0 aromatic carbocycles. The second-order valence-electron chi connectivity index (χ2n) is 2.88. The van der Waals surface area contributed by atoms with Crippen molar-refractivity contribution in [2.75, 3.05) is 19.6 Å². The smallest absolute Gasteiger partial charge is 0.317 e. The molecule has 4 nitrogen and oxygen atoms in total. The van der Waals surface area contributed by atoms with Crippen LogP contribution in [0.3, 0.4) is 0 Å². The minimum Gasteiger partial charge on any atom is -0.480 e. The second kappa shape index (κ2) is 4.23. The van der Waals surface area contributed by atoms with Crippen molar-refractivity contribution in [3.05, 3.63) is 12.2 Å². The summed E-state index contributed by atoms with van der Waals surface area (Å²) in [5.41, 5.74) is 5.48. The number of hydrogen-bond acceptors (Lipinski definition) is 3. The van der Waals surface area contributed by atoms with E-state index in [0.29, 0.717) is 6.54 Å². The summed E-state index contributed by atoms with van der Waals surface area (Å²) in [5.74, 6) is -0.788. The van der Waals surface area contributed by atoms with E-state index < -0.39 is 5.97 Å². The van der Waals surface area contributed by atoms with Gasteiger partial charge in [0, 0.05) is 19.1 Å². The molecule has 0 aromatic rings. The van der Waals surface area contributed by atoms with Crippen LogP contribution in [0.4, 0.5) is 0 Å². The molecule has 0 fully saturated rings. The molecule has 0 spiro atoms. The summed E-state index contributed by atoms with van der Waals surface area (Å²) >= 11 is 0. The number of nitrogens with two attached hydrogens (primary N) is 1. The maximum absolute atomic E-state index is 10.4. The maximum atomic E-state index is 10.4. The Labute approximate surface area is 71.7 Å². The van der Waals surface area contributed by atoms with E-state index in [1.54, 1.807) is 0 Å². The van der Waals surface area contributed by atoms with E-state index in [1.165, 1.54) is 0 Å². The van der Waals surface area contributed by atoms with Gasteiger partial charge in [-0.05, 0) is 6.42 Å². The van der Waals surface area contributed by atoms with Gasteiger partial charge in [-0.15, -0.1) is 0 Å². The monoisotopic (exact) mass is 170 g/mol. The molecule has 0 amide bonds. The molecule has 68 valence electrons. The van der Waals surface area contributed by atoms with E-state index in [9.17, 15) is 4.79 Å². The zero-order valence-electron chi connectivity index (χ0n) is 6.94. The van der Waals surface area contributed by atoms with Crippen molar-refractivity contribution < 1.29 is 9.90 Å². The Hall–Kier alpha value is -0.870. The van der Waals surface area contributed by atoms with Gasteiger partial charge in [0.25, 0.3) is 0 Å². The highest BCUT2D eigenvalue weighted by atomic mass is 16.4. The van der Waals surface area contributed by atoms with E-state index in [1.807, 2.05) is 11.0 Å². The Morgan fingerprint density at radius 3 is 3.08 bits per heavy atom. The Balaban J connectivity index is 2.50. The first kappa shape index (κ1) is 9.22. The number of nitrogens with zero attached hydrogens (tertiary/aromatic N) is 1. The lowest BCUT2D eigenvalue weighted by Crippen LogP contribution is -2.44. The molecule has 0 saturated carbocycles. The van der Waals surface area contributed by atoms with Gasteiger partial charge in [-0.2, -0.15) is 0 Å². The van der Waals surface area contributed by atoms with Gasteiger partial charge in [0.2, 0.25) is 0 Å². The molecule has 1 heterocycles. The van der Waals surface area contributed by atoms with Crippen molar-refractivity contribution in [1.82, 2.24) is 4.90 Å². The fourth-order valence-corrected chi connectivity index (χ4v) is 1.38. The zero-order chi connectivity index (χ0) is 8.97. The number of aliphatic carboxylic acids is 1. The first-order valence-corrected chi connectivity index (χ1v) is 4.06. The highest BCUT2D eigenvalue weighted by molar-refractivity contribution is 5.69. The van der Waals surface area contributed by atoms with Crippen LogP contribution in [-0.2, 0) is 4.79 Å². The molecule has 0 saturated heterocycles. The number of carbonyl (C=O) groups is 1. The summed E-state index contributed by atoms with van der Waals surface area (Å²) in [6.07, 6.45) is 4.95. The van der Waals surface area contributed by atoms with Crippen LogP contribution in [0.2, 0.25) is 0 Å². The molecule has 1 unspecified atom stereocenters. The average Bonchev–Trinajstić information content (AvgIpc) is 2.04. The van der Waals surface area contributed by atoms with E-state index in [2.05, 4.69) is 6.08 Å². The van der Waals surface area contributed by atoms with Gasteiger partial charge < -0.3 is 10.8 Å². The second-order valence-corrected chi connectivity index (χ2v) is 2.88. The number of hydrogen-bond donors (Lipinski definition) is 2. The quantitative estimate of drug-likeness (QED) is 0.569. The van der Waals surface area contributed by atoms with Gasteiger partial charge in [-0.1, -0.05) is 12.2 Å². The molecule has 4 heteroatoms. The molecular weight excluding hydrogens is 156 g/mol. The van der Waals surface area contributed by atoms with Gasteiger partial charge in [-0.3, -0.25) is 9.69 Å². The van der Waals surface area contributed by atoms with Gasteiger partial charge >= 0.3 is 5.97 Å². The molecule has 0 aliphatic carbocycles. The minimum absolute atomic E-state index is 0.0895. The van der Waals surface area contributed by atoms with Gasteiger partial charge in [0.05, 0.1) is 6.54 Å². The third kappa shape index (κ3) is 2.32. The Morgan fingerprint density at radius 1 is 1.75 bits per heavy atom. The molecule has 0 radical (unpaired) electrons. The lowest BCUT2D eigenvalue weighted by molar-refractivity contribution is -0.138. The van der Waals surface area contributed by atoms with Crippen LogP contribution in [0, 0.1) is 0 Å². The molecule has 1 rings (SSSR count). The van der Waals surface area contributed by atoms with Crippen molar-refractivity contribution in [2.45, 2.75) is 12.5 Å². The van der Waals surface area contributed by atoms with Crippen molar-refractivity contribution in [2.24, 2.45) is 5.73 Å². The van der Waals surface area contributed by atoms with Crippen molar-refractivity contribution in [1.29, 1.82) is 0 Å². The first-order chi connectivity index (χ1) is 5.74. The van der Waals surface area contributed by atoms with Crippen LogP contribution >= 0.6 is 0 Å². The van der Waals surface area contributed by atoms with Crippen LogP contribution in [0.5, 0.6) is 0 Å². The number of carboxylic acids is 1. The van der Waals surface area contributed by atoms with Crippen LogP contribution in [0.1, 0.15) is 6.42 Å². The topological polar surface area (TPSA) is 66.6 Å². The molecular formula is C8H14N2O2. The summed E-state index contributed by atoms with van der Waals surface area (Å²) in [5, 5.41) is 8.57. The van der Waals surface area contributed by atoms with Gasteiger partial charge in [0.15, 0.2) is 0 Å². The van der Waals surface area contributed by atoms with Crippen molar-refractivity contribution in [3.8, 4) is 0 Å². The largest absolute Gasteiger partial charge is 0.480 e. The summed E-state index contributed by atoms with van der Waals surface area (Å²) in [4.78, 5) is 12.3. The third-order valence-electron chi connectivity index (χ3n) is 1.99. The highest BCUT2D eigenvalue weighted by Gasteiger charge is 2.18. The van der Waals surface area contributed by atoms with E-state index in [4.69, 9.17) is 10.8 Å². The molecule has 3 N–H and O–H groups in total. The zero-order valence-corrected chi connectivity index (χ0v) is 6.94. The predicted molar refractivity (Wildman–Crippen MR) is 45.8 cm³/mol. The van der Waals surface area contributed by atoms with Crippen LogP contribution in [0.25, 0.3) is 0 Å². The SMILES string of the molecule is NCC1C=CCCN1CC(=O)O. The summed E-state index contributed by atoms with van der Waals surface area (Å²) in [6, 6.07) is 0.106. The summed E-state index contributed by atoms with van der Waals surface area (Å²) in [7, 11) is 0. The van der Waals surface area contributed by atoms with E-state index >= 15 is 0 Å². The maximum Gasteiger partial charge on any atom is 0.317 e. The summed E-state index contributed by atoms with van der Waals surface area (Å²) < 4.78 is 0. The van der Waals surface area contributed by atoms with Gasteiger partial charge in [-0.25, -0.2) is 0 Å². The molecule has 12 heavy (non-hydrogen) atoms. The fourth-order valence-electron chi connectivity index (χ4n) is 1.38. The normalized spacial score (nSPS) is 24.2. The predicted octanol–water partition coefficient (Wildman–Crippen LogP) is -0.340. The van der Waals surface area contributed by atoms with E-state index in [-0.39, 0.29) is 12.6 Å². The van der Waals surface area contributed by atoms with Crippen molar-refractivity contribution in [3.63, 3.8) is 0 Å². The molecule has 0 bridgehead atoms. The number of carboxylic acid groups (broad SMARTS) is 1. The van der Waals surface area contributed by atoms with Crippen LogP contribution < -0.4 is 5.73 Å². The standard InChI is InChI=1S/C8H14N2O2/c9-5-7-3-1-2-4-10(7)6-8(11)12/h1,3,7H,2,4-6,9H2,(H,11,12). The fraction of sp³-hybridized carbons (Fsp3) is 0.625. The van der Waals surface area contributed by atoms with Crippen LogP contribution in [-0.4, -0.2) is 41.7 Å². The summed E-state index contributed by atoms with van der Waals surface area (Å²) in [6.45, 7) is 1.38. The van der Waals surface area contributed by atoms with Crippen LogP contribution in [0.15, 0.2) is 12.2 Å². The molecule has 1 atom stereocenters. The molecule has 1 aliphatic heterocycles. The van der Waals surface area contributed by atoms with Crippen molar-refractivity contribution >= 4 is 5.97 Å². The average molecular weight is 170 g/mol. The Bertz CT molecular complexity index is 191. The minimum atomic E-state index is -0.788.